The van der Waals surface area contributed by atoms with E-state index >= 15 is 0 Å². The molecule has 1 atom stereocenters. The fourth-order valence-corrected chi connectivity index (χ4v) is 7.01. The number of pyridine rings is 2. The number of aliphatic hydroxyl groups is 1. The number of aromatic nitrogens is 4. The Morgan fingerprint density at radius 3 is 2.45 bits per heavy atom. The number of fused-ring (bicyclic) bond motifs is 5. The second-order valence-electron chi connectivity index (χ2n) is 12.8. The third-order valence-corrected chi connectivity index (χ3v) is 9.66. The first-order chi connectivity index (χ1) is 23.5. The van der Waals surface area contributed by atoms with Crippen molar-refractivity contribution in [3.8, 4) is 17.1 Å². The van der Waals surface area contributed by atoms with Gasteiger partial charge in [0.25, 0.3) is 11.5 Å². The number of nitrogens with one attached hydrogen (secondary N) is 1. The van der Waals surface area contributed by atoms with Gasteiger partial charge < -0.3 is 29.1 Å². The van der Waals surface area contributed by atoms with Crippen LogP contribution in [0, 0.1) is 0 Å². The minimum Gasteiger partial charge on any atom is -0.410 e. The summed E-state index contributed by atoms with van der Waals surface area (Å²) in [6.45, 7) is 4.22. The first-order valence-corrected chi connectivity index (χ1v) is 16.1. The molecule has 49 heavy (non-hydrogen) atoms. The summed E-state index contributed by atoms with van der Waals surface area (Å²) in [7, 11) is 3.90. The topological polar surface area (TPSA) is 183 Å². The molecule has 254 valence electrons. The van der Waals surface area contributed by atoms with E-state index in [0.29, 0.717) is 85.4 Å². The van der Waals surface area contributed by atoms with Crippen LogP contribution in [0.2, 0.25) is 0 Å². The second-order valence-corrected chi connectivity index (χ2v) is 12.8. The summed E-state index contributed by atoms with van der Waals surface area (Å²) in [5.41, 5.74) is 4.32. The summed E-state index contributed by atoms with van der Waals surface area (Å²) >= 11 is 0. The maximum absolute atomic E-state index is 13.8. The third-order valence-electron chi connectivity index (χ3n) is 9.66. The smallest absolute Gasteiger partial charge is 0.410 e. The first kappa shape index (κ1) is 32.3. The molecule has 0 radical (unpaired) electrons. The standard InChI is InChI=1S/C34H36N8O7/c1-4-34(47)25-14-27-29-24(18-42(27)31(45)21(25)6-8-28(34)43)23(17-39(2)3)22-13-20(5-7-26(22)37-29)49-33(46)41-11-9-40(10-12-41)32-35-15-19(16-36-32)30(44)38-48/h5,7,13-16,47-48H,4,6,8-12,17-18H2,1-3H3,(H,38,44)/t34-/m0/s1. The van der Waals surface area contributed by atoms with Crippen molar-refractivity contribution < 1.29 is 29.4 Å². The molecule has 2 aliphatic heterocycles. The van der Waals surface area contributed by atoms with Crippen LogP contribution in [-0.4, -0.2) is 97.7 Å². The number of anilines is 1. The van der Waals surface area contributed by atoms with E-state index in [9.17, 15) is 24.3 Å². The summed E-state index contributed by atoms with van der Waals surface area (Å²) in [6.07, 6.45) is 2.74. The lowest BCUT2D eigenvalue weighted by Gasteiger charge is -2.34. The highest BCUT2D eigenvalue weighted by atomic mass is 16.6. The minimum absolute atomic E-state index is 0.123. The Kier molecular flexibility index (Phi) is 8.13. The van der Waals surface area contributed by atoms with Gasteiger partial charge in [-0.1, -0.05) is 6.92 Å². The van der Waals surface area contributed by atoms with Gasteiger partial charge >= 0.3 is 6.09 Å². The van der Waals surface area contributed by atoms with Crippen LogP contribution < -0.4 is 20.7 Å². The Balaban J connectivity index is 1.15. The molecule has 7 rings (SSSR count). The molecule has 0 unspecified atom stereocenters. The molecule has 1 aliphatic carbocycles. The highest BCUT2D eigenvalue weighted by molar-refractivity contribution is 5.93. The van der Waals surface area contributed by atoms with E-state index < -0.39 is 17.6 Å². The number of amides is 2. The molecule has 0 bridgehead atoms. The van der Waals surface area contributed by atoms with Crippen molar-refractivity contribution in [2.75, 3.05) is 45.2 Å². The molecule has 3 aliphatic rings. The van der Waals surface area contributed by atoms with Gasteiger partial charge in [-0.05, 0) is 56.8 Å². The second kappa shape index (κ2) is 12.3. The van der Waals surface area contributed by atoms with Gasteiger partial charge in [-0.15, -0.1) is 0 Å². The average molecular weight is 669 g/mol. The number of hydrogen-bond donors (Lipinski definition) is 3. The van der Waals surface area contributed by atoms with Gasteiger partial charge in [0.1, 0.15) is 11.4 Å². The fraction of sp³-hybridized carbons (Fsp3) is 0.382. The monoisotopic (exact) mass is 668 g/mol. The largest absolute Gasteiger partial charge is 0.415 e. The van der Waals surface area contributed by atoms with E-state index in [4.69, 9.17) is 14.9 Å². The van der Waals surface area contributed by atoms with Gasteiger partial charge in [0.05, 0.1) is 29.0 Å². The van der Waals surface area contributed by atoms with Crippen LogP contribution in [-0.2, 0) is 29.9 Å². The third kappa shape index (κ3) is 5.49. The molecule has 4 aromatic rings. The number of carbonyl (C=O) groups is 3. The highest BCUT2D eigenvalue weighted by Crippen LogP contribution is 2.41. The number of benzene rings is 1. The van der Waals surface area contributed by atoms with E-state index in [0.717, 1.165) is 16.5 Å². The molecular weight excluding hydrogens is 632 g/mol. The first-order valence-electron chi connectivity index (χ1n) is 16.1. The Morgan fingerprint density at radius 1 is 1.04 bits per heavy atom. The SMILES string of the molecule is CC[C@@]1(O)C(=O)CCc2c1cc1n(c2=O)Cc2c-1nc1ccc(OC(=O)N3CCN(c4ncc(C(=O)NO)cn4)CC3)cc1c2CN(C)C. The van der Waals surface area contributed by atoms with Crippen molar-refractivity contribution >= 4 is 34.6 Å². The zero-order valence-corrected chi connectivity index (χ0v) is 27.4. The number of piperazine rings is 1. The van der Waals surface area contributed by atoms with Gasteiger partial charge in [0.2, 0.25) is 5.95 Å². The lowest BCUT2D eigenvalue weighted by Crippen LogP contribution is -2.50. The van der Waals surface area contributed by atoms with Crippen LogP contribution in [0.1, 0.15) is 52.4 Å². The summed E-state index contributed by atoms with van der Waals surface area (Å²) in [5.74, 6) is -0.212. The fourth-order valence-electron chi connectivity index (χ4n) is 7.01. The predicted octanol–water partition coefficient (Wildman–Crippen LogP) is 1.83. The van der Waals surface area contributed by atoms with E-state index in [1.807, 2.05) is 23.9 Å². The maximum atomic E-state index is 13.8. The van der Waals surface area contributed by atoms with Crippen LogP contribution in [0.4, 0.5) is 10.7 Å². The number of hydroxylamine groups is 1. The van der Waals surface area contributed by atoms with Crippen molar-refractivity contribution in [3.05, 3.63) is 74.8 Å². The maximum Gasteiger partial charge on any atom is 0.415 e. The highest BCUT2D eigenvalue weighted by Gasteiger charge is 2.43. The van der Waals surface area contributed by atoms with Crippen molar-refractivity contribution in [2.45, 2.75) is 44.9 Å². The summed E-state index contributed by atoms with van der Waals surface area (Å²) in [6, 6.07) is 7.06. The number of carbonyl (C=O) groups excluding carboxylic acids is 3. The van der Waals surface area contributed by atoms with Gasteiger partial charge in [-0.25, -0.2) is 25.2 Å². The molecule has 3 N–H and O–H groups in total. The van der Waals surface area contributed by atoms with Crippen molar-refractivity contribution in [1.82, 2.24) is 34.8 Å². The molecule has 3 aromatic heterocycles. The molecule has 15 nitrogen and oxygen atoms in total. The number of ether oxygens (including phenoxy) is 1. The van der Waals surface area contributed by atoms with Gasteiger partial charge in [-0.3, -0.25) is 19.6 Å². The van der Waals surface area contributed by atoms with E-state index in [2.05, 4.69) is 9.97 Å². The normalized spacial score (nSPS) is 18.4. The van der Waals surface area contributed by atoms with Crippen molar-refractivity contribution in [3.63, 3.8) is 0 Å². The summed E-state index contributed by atoms with van der Waals surface area (Å²) < 4.78 is 7.53. The number of nitrogens with zero attached hydrogens (tertiary/aromatic N) is 7. The molecule has 0 saturated carbocycles. The van der Waals surface area contributed by atoms with Crippen molar-refractivity contribution in [2.24, 2.45) is 0 Å². The average Bonchev–Trinajstić information content (AvgIpc) is 3.48. The Bertz CT molecular complexity index is 2070. The molecule has 0 spiro atoms. The van der Waals surface area contributed by atoms with Crippen LogP contribution in [0.15, 0.2) is 41.5 Å². The van der Waals surface area contributed by atoms with Gasteiger partial charge in [0, 0.05) is 73.6 Å². The van der Waals surface area contributed by atoms with Crippen LogP contribution in [0.25, 0.3) is 22.3 Å². The molecule has 1 aromatic carbocycles. The molecule has 15 heteroatoms. The minimum atomic E-state index is -1.70. The lowest BCUT2D eigenvalue weighted by atomic mass is 9.77. The molecule has 2 amide bonds. The zero-order valence-electron chi connectivity index (χ0n) is 27.4. The van der Waals surface area contributed by atoms with Gasteiger partial charge in [0.15, 0.2) is 5.78 Å². The number of rotatable bonds is 6. The zero-order chi connectivity index (χ0) is 34.6. The molecule has 1 saturated heterocycles. The number of Topliss-reactive ketones (excluding diaryl/α,β-unsaturated/α-hetero) is 1. The molecule has 5 heterocycles. The van der Waals surface area contributed by atoms with E-state index in [-0.39, 0.29) is 29.7 Å². The summed E-state index contributed by atoms with van der Waals surface area (Å²) in [5, 5.41) is 20.9. The number of hydrogen-bond acceptors (Lipinski definition) is 12. The van der Waals surface area contributed by atoms with Gasteiger partial charge in [-0.2, -0.15) is 0 Å². The Hall–Kier alpha value is -5.25. The Labute approximate surface area is 280 Å². The summed E-state index contributed by atoms with van der Waals surface area (Å²) in [4.78, 5) is 70.3. The van der Waals surface area contributed by atoms with Crippen molar-refractivity contribution in [1.29, 1.82) is 0 Å². The molecule has 1 fully saturated rings. The van der Waals surface area contributed by atoms with Crippen LogP contribution >= 0.6 is 0 Å². The molecular formula is C34H36N8O7. The van der Waals surface area contributed by atoms with E-state index in [1.54, 1.807) is 46.1 Å². The van der Waals surface area contributed by atoms with E-state index in [1.165, 1.54) is 12.4 Å². The number of ketones is 1. The quantitative estimate of drug-likeness (QED) is 0.177. The van der Waals surface area contributed by atoms with Crippen LogP contribution in [0.5, 0.6) is 5.75 Å². The predicted molar refractivity (Wildman–Crippen MR) is 177 cm³/mol. The lowest BCUT2D eigenvalue weighted by molar-refractivity contribution is -0.140. The Morgan fingerprint density at radius 2 is 1.78 bits per heavy atom. The van der Waals surface area contributed by atoms with Crippen LogP contribution in [0.3, 0.4) is 0 Å².